The molecule has 0 aromatic carbocycles. The Labute approximate surface area is 119 Å². The van der Waals surface area contributed by atoms with Crippen molar-refractivity contribution in [3.63, 3.8) is 0 Å². The van der Waals surface area contributed by atoms with Crippen LogP contribution in [0.25, 0.3) is 5.82 Å². The van der Waals surface area contributed by atoms with Crippen LogP contribution in [0.4, 0.5) is 0 Å². The van der Waals surface area contributed by atoms with Gasteiger partial charge in [0.1, 0.15) is 10.8 Å². The van der Waals surface area contributed by atoms with Gasteiger partial charge in [0.05, 0.1) is 5.69 Å². The fourth-order valence-corrected chi connectivity index (χ4v) is 3.23. The fourth-order valence-electron chi connectivity index (χ4n) is 2.64. The van der Waals surface area contributed by atoms with Gasteiger partial charge in [-0.05, 0) is 35.7 Å². The Balaban J connectivity index is 2.08. The molecule has 19 heavy (non-hydrogen) atoms. The number of rotatable bonds is 2. The predicted molar refractivity (Wildman–Crippen MR) is 75.6 cm³/mol. The summed E-state index contributed by atoms with van der Waals surface area (Å²) in [5, 5.41) is 3.20. The topological polar surface area (TPSA) is 63.6 Å². The first-order valence-corrected chi connectivity index (χ1v) is 7.25. The molecule has 0 unspecified atom stereocenters. The highest BCUT2D eigenvalue weighted by molar-refractivity contribution is 9.10. The van der Waals surface area contributed by atoms with Crippen LogP contribution in [0, 0.1) is 6.92 Å². The average Bonchev–Trinajstić information content (AvgIpc) is 3.00. The van der Waals surface area contributed by atoms with Gasteiger partial charge in [-0.15, -0.1) is 0 Å². The number of nitrogens with zero attached hydrogens (tertiary/aromatic N) is 3. The Kier molecular flexibility index (Phi) is 3.26. The second-order valence-electron chi connectivity index (χ2n) is 4.98. The Bertz CT molecular complexity index is 655. The minimum atomic E-state index is -0.0833. The van der Waals surface area contributed by atoms with Crippen LogP contribution in [0.2, 0.25) is 0 Å². The highest BCUT2D eigenvalue weighted by Crippen LogP contribution is 2.35. The Hall–Kier alpha value is -1.43. The minimum Gasteiger partial charge on any atom is -0.292 e. The molecule has 0 saturated heterocycles. The van der Waals surface area contributed by atoms with Gasteiger partial charge in [0.2, 0.25) is 0 Å². The van der Waals surface area contributed by atoms with Crippen LogP contribution in [0.5, 0.6) is 0 Å². The molecule has 0 bridgehead atoms. The lowest BCUT2D eigenvalue weighted by molar-refractivity contribution is 0.671. The van der Waals surface area contributed by atoms with Crippen LogP contribution >= 0.6 is 15.9 Å². The molecule has 1 saturated carbocycles. The van der Waals surface area contributed by atoms with Crippen molar-refractivity contribution in [3.8, 4) is 5.82 Å². The third-order valence-corrected chi connectivity index (χ3v) is 4.41. The first kappa shape index (κ1) is 12.6. The van der Waals surface area contributed by atoms with E-state index in [1.807, 2.05) is 6.92 Å². The van der Waals surface area contributed by atoms with E-state index in [9.17, 15) is 4.79 Å². The zero-order valence-electron chi connectivity index (χ0n) is 10.7. The van der Waals surface area contributed by atoms with Gasteiger partial charge in [0.25, 0.3) is 5.56 Å². The number of hydrogen-bond acceptors (Lipinski definition) is 3. The molecule has 0 aliphatic heterocycles. The molecule has 0 amide bonds. The van der Waals surface area contributed by atoms with Gasteiger partial charge in [-0.2, -0.15) is 0 Å². The molecule has 100 valence electrons. The molecular formula is C13H15BrN4O. The third-order valence-electron chi connectivity index (χ3n) is 3.64. The quantitative estimate of drug-likeness (QED) is 0.924. The number of aryl methyl sites for hydroxylation is 1. The van der Waals surface area contributed by atoms with Crippen LogP contribution in [-0.4, -0.2) is 19.7 Å². The summed E-state index contributed by atoms with van der Waals surface area (Å²) in [5.41, 5.74) is 1.75. The van der Waals surface area contributed by atoms with Crippen LogP contribution < -0.4 is 5.56 Å². The first-order chi connectivity index (χ1) is 9.16. The van der Waals surface area contributed by atoms with E-state index in [0.29, 0.717) is 16.2 Å². The number of halogens is 1. The van der Waals surface area contributed by atoms with E-state index in [1.54, 1.807) is 6.07 Å². The molecule has 2 aromatic rings. The van der Waals surface area contributed by atoms with E-state index < -0.39 is 0 Å². The van der Waals surface area contributed by atoms with Gasteiger partial charge in [-0.1, -0.05) is 12.8 Å². The lowest BCUT2D eigenvalue weighted by atomic mass is 10.1. The number of nitrogens with one attached hydrogen (secondary N) is 1. The SMILES string of the molecule is Cc1cc(-n2[nH]c(C3CCCC3)c(Br)c2=O)ncn1. The zero-order chi connectivity index (χ0) is 13.4. The molecule has 5 nitrogen and oxygen atoms in total. The highest BCUT2D eigenvalue weighted by atomic mass is 79.9. The predicted octanol–water partition coefficient (Wildman–Crippen LogP) is 2.68. The van der Waals surface area contributed by atoms with Gasteiger partial charge < -0.3 is 0 Å². The monoisotopic (exact) mass is 322 g/mol. The van der Waals surface area contributed by atoms with E-state index in [-0.39, 0.29) is 5.56 Å². The molecule has 1 aliphatic rings. The fraction of sp³-hybridized carbons (Fsp3) is 0.462. The lowest BCUT2D eigenvalue weighted by Gasteiger charge is -2.06. The van der Waals surface area contributed by atoms with E-state index in [0.717, 1.165) is 24.2 Å². The second kappa shape index (κ2) is 4.92. The van der Waals surface area contributed by atoms with Crippen molar-refractivity contribution in [1.29, 1.82) is 0 Å². The summed E-state index contributed by atoms with van der Waals surface area (Å²) in [5.74, 6) is 1.04. The summed E-state index contributed by atoms with van der Waals surface area (Å²) in [6.07, 6.45) is 6.22. The number of hydrogen-bond donors (Lipinski definition) is 1. The number of aromatic nitrogens is 4. The van der Waals surface area contributed by atoms with Gasteiger partial charge in [-0.3, -0.25) is 9.89 Å². The molecule has 0 radical (unpaired) electrons. The number of H-pyrrole nitrogens is 1. The van der Waals surface area contributed by atoms with Gasteiger partial charge in [0.15, 0.2) is 5.82 Å². The zero-order valence-corrected chi connectivity index (χ0v) is 12.3. The molecule has 6 heteroatoms. The summed E-state index contributed by atoms with van der Waals surface area (Å²) in [6.45, 7) is 1.88. The summed E-state index contributed by atoms with van der Waals surface area (Å²) in [4.78, 5) is 20.5. The molecule has 1 N–H and O–H groups in total. The molecule has 3 rings (SSSR count). The molecule has 2 aromatic heterocycles. The molecule has 0 atom stereocenters. The van der Waals surface area contributed by atoms with Crippen molar-refractivity contribution in [1.82, 2.24) is 19.7 Å². The van der Waals surface area contributed by atoms with Crippen LogP contribution in [0.15, 0.2) is 21.7 Å². The lowest BCUT2D eigenvalue weighted by Crippen LogP contribution is -2.16. The van der Waals surface area contributed by atoms with Crippen molar-refractivity contribution in [2.75, 3.05) is 0 Å². The normalized spacial score (nSPS) is 16.1. The van der Waals surface area contributed by atoms with E-state index in [2.05, 4.69) is 31.0 Å². The number of aromatic amines is 1. The standard InChI is InChI=1S/C13H15BrN4O/c1-8-6-10(16-7-15-8)18-13(19)11(14)12(17-18)9-4-2-3-5-9/h6-7,9,17H,2-5H2,1H3. The second-order valence-corrected chi connectivity index (χ2v) is 5.77. The van der Waals surface area contributed by atoms with Crippen molar-refractivity contribution in [2.45, 2.75) is 38.5 Å². The van der Waals surface area contributed by atoms with E-state index >= 15 is 0 Å². The summed E-state index contributed by atoms with van der Waals surface area (Å²) < 4.78 is 2.13. The smallest absolute Gasteiger partial charge is 0.287 e. The molecule has 1 fully saturated rings. The summed E-state index contributed by atoms with van der Waals surface area (Å²) in [7, 11) is 0. The van der Waals surface area contributed by atoms with Crippen LogP contribution in [0.3, 0.4) is 0 Å². The van der Waals surface area contributed by atoms with Crippen LogP contribution in [0.1, 0.15) is 43.0 Å². The maximum atomic E-state index is 12.3. The maximum absolute atomic E-state index is 12.3. The first-order valence-electron chi connectivity index (χ1n) is 6.46. The minimum absolute atomic E-state index is 0.0833. The summed E-state index contributed by atoms with van der Waals surface area (Å²) >= 11 is 3.42. The van der Waals surface area contributed by atoms with E-state index in [4.69, 9.17) is 0 Å². The van der Waals surface area contributed by atoms with Crippen molar-refractivity contribution < 1.29 is 0 Å². The third kappa shape index (κ3) is 2.25. The Morgan fingerprint density at radius 1 is 1.37 bits per heavy atom. The van der Waals surface area contributed by atoms with E-state index in [1.165, 1.54) is 23.9 Å². The van der Waals surface area contributed by atoms with Crippen LogP contribution in [-0.2, 0) is 0 Å². The van der Waals surface area contributed by atoms with Crippen molar-refractivity contribution >= 4 is 15.9 Å². The molecule has 2 heterocycles. The van der Waals surface area contributed by atoms with Crippen molar-refractivity contribution in [2.24, 2.45) is 0 Å². The maximum Gasteiger partial charge on any atom is 0.287 e. The molecule has 0 spiro atoms. The van der Waals surface area contributed by atoms with Gasteiger partial charge in [-0.25, -0.2) is 14.6 Å². The largest absolute Gasteiger partial charge is 0.292 e. The summed E-state index contributed by atoms with van der Waals surface area (Å²) in [6, 6.07) is 1.79. The highest BCUT2D eigenvalue weighted by Gasteiger charge is 2.24. The Morgan fingerprint density at radius 3 is 2.79 bits per heavy atom. The average molecular weight is 323 g/mol. The Morgan fingerprint density at radius 2 is 2.11 bits per heavy atom. The van der Waals surface area contributed by atoms with Gasteiger partial charge in [0, 0.05) is 17.7 Å². The molecule has 1 aliphatic carbocycles. The molecular weight excluding hydrogens is 308 g/mol. The van der Waals surface area contributed by atoms with Crippen molar-refractivity contribution in [3.05, 3.63) is 38.6 Å². The van der Waals surface area contributed by atoms with Gasteiger partial charge >= 0.3 is 0 Å².